The molecule has 1 saturated heterocycles. The monoisotopic (exact) mass is 441 g/mol. The quantitative estimate of drug-likeness (QED) is 0.680. The van der Waals surface area contributed by atoms with Gasteiger partial charge < -0.3 is 4.90 Å². The van der Waals surface area contributed by atoms with E-state index in [9.17, 15) is 18.0 Å². The first-order valence-electron chi connectivity index (χ1n) is 10.5. The normalized spacial score (nSPS) is 18.6. The topological polar surface area (TPSA) is 61.7 Å². The summed E-state index contributed by atoms with van der Waals surface area (Å²) in [5, 5.41) is 5.51. The van der Waals surface area contributed by atoms with Crippen molar-refractivity contribution >= 4 is 18.1 Å². The highest BCUT2D eigenvalue weighted by Gasteiger charge is 2.35. The fourth-order valence-electron chi connectivity index (χ4n) is 3.95. The molecule has 1 unspecified atom stereocenters. The van der Waals surface area contributed by atoms with Gasteiger partial charge in [-0.2, -0.15) is 5.10 Å². The Balaban J connectivity index is 1.43. The summed E-state index contributed by atoms with van der Waals surface area (Å²) in [7, 11) is 0. The number of hydrogen-bond acceptors (Lipinski definition) is 5. The van der Waals surface area contributed by atoms with Gasteiger partial charge in [-0.3, -0.25) is 4.79 Å². The zero-order valence-corrected chi connectivity index (χ0v) is 17.6. The Labute approximate surface area is 184 Å². The van der Waals surface area contributed by atoms with Crippen LogP contribution in [0, 0.1) is 35.2 Å². The summed E-state index contributed by atoms with van der Waals surface area (Å²) in [5.74, 6) is 3.48. The lowest BCUT2D eigenvalue weighted by molar-refractivity contribution is -0.138. The number of nitrogens with zero attached hydrogens (tertiary/aromatic N) is 5. The molecule has 166 valence electrons. The number of rotatable bonds is 3. The number of hydrazone groups is 1. The third kappa shape index (κ3) is 4.59. The number of carbonyl (C=O) groups excluding carboxylic acids is 1. The first kappa shape index (κ1) is 21.8. The van der Waals surface area contributed by atoms with E-state index in [-0.39, 0.29) is 17.5 Å². The molecule has 6 nitrogen and oxygen atoms in total. The molecular weight excluding hydrogens is 419 g/mol. The van der Waals surface area contributed by atoms with Gasteiger partial charge in [0.05, 0.1) is 12.2 Å². The zero-order chi connectivity index (χ0) is 22.7. The van der Waals surface area contributed by atoms with Crippen LogP contribution >= 0.6 is 0 Å². The second-order valence-corrected chi connectivity index (χ2v) is 7.72. The molecule has 4 rings (SSSR count). The van der Waals surface area contributed by atoms with Crippen molar-refractivity contribution in [1.82, 2.24) is 15.0 Å². The number of hydrogen-bond donors (Lipinski definition) is 0. The lowest BCUT2D eigenvalue weighted by Gasteiger charge is -2.33. The van der Waals surface area contributed by atoms with E-state index < -0.39 is 23.5 Å². The molecule has 1 aromatic carbocycles. The third-order valence-electron chi connectivity index (χ3n) is 5.57. The van der Waals surface area contributed by atoms with Crippen LogP contribution in [0.15, 0.2) is 29.5 Å². The SMILES string of the molecule is CCC#Cc1nc(N2CCC(C(=O)N3N=CCC3c3cc(F)cc(F)c3)CC2)ncc1F. The number of halogens is 3. The van der Waals surface area contributed by atoms with Gasteiger partial charge in [0.25, 0.3) is 0 Å². The van der Waals surface area contributed by atoms with E-state index in [0.29, 0.717) is 50.3 Å². The molecule has 32 heavy (non-hydrogen) atoms. The molecule has 2 aliphatic rings. The molecule has 9 heteroatoms. The van der Waals surface area contributed by atoms with Gasteiger partial charge in [0, 0.05) is 44.1 Å². The molecule has 1 atom stereocenters. The summed E-state index contributed by atoms with van der Waals surface area (Å²) in [6, 6.07) is 2.75. The molecule has 0 aliphatic carbocycles. The summed E-state index contributed by atoms with van der Waals surface area (Å²) >= 11 is 0. The van der Waals surface area contributed by atoms with Gasteiger partial charge in [0.15, 0.2) is 11.5 Å². The number of anilines is 1. The summed E-state index contributed by atoms with van der Waals surface area (Å²) in [5.41, 5.74) is 0.442. The maximum absolute atomic E-state index is 13.9. The van der Waals surface area contributed by atoms with E-state index >= 15 is 0 Å². The van der Waals surface area contributed by atoms with Crippen molar-refractivity contribution in [2.45, 2.75) is 38.6 Å². The first-order valence-corrected chi connectivity index (χ1v) is 10.5. The minimum absolute atomic E-state index is 0.0617. The molecule has 1 fully saturated rings. The van der Waals surface area contributed by atoms with Crippen molar-refractivity contribution in [1.29, 1.82) is 0 Å². The highest BCUT2D eigenvalue weighted by Crippen LogP contribution is 2.33. The van der Waals surface area contributed by atoms with Crippen LogP contribution < -0.4 is 4.90 Å². The Hall–Kier alpha value is -3.41. The van der Waals surface area contributed by atoms with Crippen molar-refractivity contribution in [3.8, 4) is 11.8 Å². The van der Waals surface area contributed by atoms with Crippen LogP contribution in [0.3, 0.4) is 0 Å². The van der Waals surface area contributed by atoms with Gasteiger partial charge in [0.2, 0.25) is 11.9 Å². The molecule has 0 N–H and O–H groups in total. The van der Waals surface area contributed by atoms with Gasteiger partial charge in [0.1, 0.15) is 11.6 Å². The molecule has 3 heterocycles. The first-order chi connectivity index (χ1) is 15.5. The number of aromatic nitrogens is 2. The predicted octanol–water partition coefficient (Wildman–Crippen LogP) is 3.83. The van der Waals surface area contributed by atoms with E-state index in [0.717, 1.165) is 12.3 Å². The fraction of sp³-hybridized carbons (Fsp3) is 0.391. The Bertz CT molecular complexity index is 1080. The highest BCUT2D eigenvalue weighted by atomic mass is 19.1. The molecule has 1 aromatic heterocycles. The predicted molar refractivity (Wildman–Crippen MR) is 113 cm³/mol. The molecule has 2 aromatic rings. The molecule has 0 radical (unpaired) electrons. The van der Waals surface area contributed by atoms with Crippen LogP contribution in [0.2, 0.25) is 0 Å². The molecule has 0 bridgehead atoms. The lowest BCUT2D eigenvalue weighted by Crippen LogP contribution is -2.41. The standard InChI is InChI=1S/C23H22F3N5O/c1-2-3-4-20-19(26)14-27-23(29-20)30-9-6-15(7-10-30)22(32)31-21(5-8-28-31)16-11-17(24)13-18(25)12-16/h8,11-15,21H,2,5-7,9-10H2,1H3. The number of piperidine rings is 1. The average molecular weight is 441 g/mol. The minimum Gasteiger partial charge on any atom is -0.341 e. The van der Waals surface area contributed by atoms with E-state index in [4.69, 9.17) is 0 Å². The largest absolute Gasteiger partial charge is 0.341 e. The summed E-state index contributed by atoms with van der Waals surface area (Å²) < 4.78 is 41.2. The summed E-state index contributed by atoms with van der Waals surface area (Å²) in [4.78, 5) is 23.3. The van der Waals surface area contributed by atoms with E-state index in [1.165, 1.54) is 17.1 Å². The molecule has 2 aliphatic heterocycles. The smallest absolute Gasteiger partial charge is 0.246 e. The Morgan fingerprint density at radius 1 is 1.16 bits per heavy atom. The van der Waals surface area contributed by atoms with Crippen molar-refractivity contribution in [3.63, 3.8) is 0 Å². The van der Waals surface area contributed by atoms with E-state index in [1.807, 2.05) is 11.8 Å². The van der Waals surface area contributed by atoms with Crippen molar-refractivity contribution in [2.24, 2.45) is 11.0 Å². The van der Waals surface area contributed by atoms with E-state index in [1.54, 1.807) is 6.21 Å². The number of amides is 1. The van der Waals surface area contributed by atoms with Crippen LogP contribution in [0.25, 0.3) is 0 Å². The van der Waals surface area contributed by atoms with Crippen molar-refractivity contribution in [3.05, 3.63) is 53.1 Å². The summed E-state index contributed by atoms with van der Waals surface area (Å²) in [6.45, 7) is 2.90. The highest BCUT2D eigenvalue weighted by molar-refractivity contribution is 5.82. The maximum Gasteiger partial charge on any atom is 0.246 e. The Kier molecular flexibility index (Phi) is 6.40. The van der Waals surface area contributed by atoms with Crippen molar-refractivity contribution < 1.29 is 18.0 Å². The minimum atomic E-state index is -0.685. The van der Waals surface area contributed by atoms with Crippen molar-refractivity contribution in [2.75, 3.05) is 18.0 Å². The molecule has 0 saturated carbocycles. The second kappa shape index (κ2) is 9.39. The third-order valence-corrected chi connectivity index (χ3v) is 5.57. The second-order valence-electron chi connectivity index (χ2n) is 7.72. The number of carbonyl (C=O) groups is 1. The van der Waals surface area contributed by atoms with Gasteiger partial charge in [-0.1, -0.05) is 12.8 Å². The van der Waals surface area contributed by atoms with Gasteiger partial charge in [-0.05, 0) is 36.5 Å². The van der Waals surface area contributed by atoms with Gasteiger partial charge in [-0.15, -0.1) is 0 Å². The van der Waals surface area contributed by atoms with Crippen LogP contribution in [0.1, 0.15) is 49.9 Å². The van der Waals surface area contributed by atoms with Crippen LogP contribution in [-0.4, -0.2) is 40.2 Å². The van der Waals surface area contributed by atoms with Crippen LogP contribution in [0.5, 0.6) is 0 Å². The molecule has 1 amide bonds. The zero-order valence-electron chi connectivity index (χ0n) is 17.6. The van der Waals surface area contributed by atoms with Gasteiger partial charge in [-0.25, -0.2) is 28.1 Å². The van der Waals surface area contributed by atoms with Gasteiger partial charge >= 0.3 is 0 Å². The fourth-order valence-corrected chi connectivity index (χ4v) is 3.95. The Morgan fingerprint density at radius 2 is 1.88 bits per heavy atom. The average Bonchev–Trinajstić information content (AvgIpc) is 3.27. The molecule has 0 spiro atoms. The van der Waals surface area contributed by atoms with Crippen LogP contribution in [-0.2, 0) is 4.79 Å². The molecular formula is C23H22F3N5O. The lowest BCUT2D eigenvalue weighted by atomic mass is 9.94. The number of benzene rings is 1. The van der Waals surface area contributed by atoms with Crippen LogP contribution in [0.4, 0.5) is 19.1 Å². The summed E-state index contributed by atoms with van der Waals surface area (Å²) in [6.07, 6.45) is 4.76. The van der Waals surface area contributed by atoms with E-state index in [2.05, 4.69) is 26.9 Å². The maximum atomic E-state index is 13.9. The Morgan fingerprint density at radius 3 is 2.56 bits per heavy atom.